The van der Waals surface area contributed by atoms with Gasteiger partial charge in [-0.3, -0.25) is 5.41 Å². The van der Waals surface area contributed by atoms with Crippen LogP contribution >= 0.6 is 27.7 Å². The number of nitrogens with zero attached hydrogens (tertiary/aromatic N) is 1. The molecule has 3 nitrogen and oxygen atoms in total. The Morgan fingerprint density at radius 2 is 1.89 bits per heavy atom. The zero-order valence-electron chi connectivity index (χ0n) is 9.72. The fourth-order valence-electron chi connectivity index (χ4n) is 1.61. The molecule has 94 valence electrons. The Bertz CT molecular complexity index is 662. The van der Waals surface area contributed by atoms with Gasteiger partial charge in [0.05, 0.1) is 5.71 Å². The van der Waals surface area contributed by atoms with Gasteiger partial charge < -0.3 is 5.11 Å². The molecule has 0 heterocycles. The summed E-state index contributed by atoms with van der Waals surface area (Å²) < 4.78 is 0.807. The first-order valence-electron chi connectivity index (χ1n) is 5.35. The number of rotatable bonds is 3. The number of thiocyanates is 1. The number of phenols is 1. The van der Waals surface area contributed by atoms with E-state index < -0.39 is 0 Å². The van der Waals surface area contributed by atoms with Gasteiger partial charge in [0.25, 0.3) is 0 Å². The Kier molecular flexibility index (Phi) is 4.25. The van der Waals surface area contributed by atoms with Gasteiger partial charge in [-0.2, -0.15) is 5.26 Å². The van der Waals surface area contributed by atoms with Gasteiger partial charge in [-0.25, -0.2) is 0 Å². The van der Waals surface area contributed by atoms with Crippen LogP contribution in [0.15, 0.2) is 51.8 Å². The predicted octanol–water partition coefficient (Wildman–Crippen LogP) is 4.14. The molecule has 2 aromatic rings. The number of hydrogen-bond acceptors (Lipinski definition) is 4. The molecule has 0 unspecified atom stereocenters. The number of thioether (sulfide) groups is 1. The van der Waals surface area contributed by atoms with Crippen LogP contribution in [-0.2, 0) is 0 Å². The van der Waals surface area contributed by atoms with Crippen LogP contribution in [-0.4, -0.2) is 10.8 Å². The van der Waals surface area contributed by atoms with E-state index in [1.807, 2.05) is 5.40 Å². The minimum absolute atomic E-state index is 0.0728. The lowest BCUT2D eigenvalue weighted by atomic mass is 10.0. The molecule has 0 spiro atoms. The van der Waals surface area contributed by atoms with E-state index in [1.54, 1.807) is 42.5 Å². The van der Waals surface area contributed by atoms with Crippen LogP contribution in [0.4, 0.5) is 0 Å². The van der Waals surface area contributed by atoms with Crippen molar-refractivity contribution in [2.24, 2.45) is 0 Å². The van der Waals surface area contributed by atoms with Crippen molar-refractivity contribution in [2.45, 2.75) is 4.90 Å². The van der Waals surface area contributed by atoms with Gasteiger partial charge in [-0.15, -0.1) is 0 Å². The van der Waals surface area contributed by atoms with Gasteiger partial charge in [0.1, 0.15) is 11.2 Å². The summed E-state index contributed by atoms with van der Waals surface area (Å²) in [5.74, 6) is 0.0728. The quantitative estimate of drug-likeness (QED) is 0.504. The van der Waals surface area contributed by atoms with E-state index in [1.165, 1.54) is 0 Å². The first-order chi connectivity index (χ1) is 9.11. The first kappa shape index (κ1) is 13.7. The molecule has 0 aliphatic rings. The van der Waals surface area contributed by atoms with E-state index in [4.69, 9.17) is 10.7 Å². The van der Waals surface area contributed by atoms with Crippen LogP contribution in [0.2, 0.25) is 0 Å². The largest absolute Gasteiger partial charge is 0.507 e. The molecule has 0 aromatic heterocycles. The lowest BCUT2D eigenvalue weighted by Gasteiger charge is -2.07. The Labute approximate surface area is 123 Å². The fourth-order valence-corrected chi connectivity index (χ4v) is 2.35. The molecule has 0 aliphatic heterocycles. The number of nitrogens with one attached hydrogen (secondary N) is 1. The lowest BCUT2D eigenvalue weighted by Crippen LogP contribution is -2.01. The topological polar surface area (TPSA) is 67.9 Å². The highest BCUT2D eigenvalue weighted by Crippen LogP contribution is 2.25. The highest BCUT2D eigenvalue weighted by Gasteiger charge is 2.10. The summed E-state index contributed by atoms with van der Waals surface area (Å²) in [6.45, 7) is 0. The summed E-state index contributed by atoms with van der Waals surface area (Å²) >= 11 is 4.40. The summed E-state index contributed by atoms with van der Waals surface area (Å²) in [5, 5.41) is 28.5. The second-order valence-electron chi connectivity index (χ2n) is 3.75. The molecule has 2 aromatic carbocycles. The number of nitriles is 1. The standard InChI is InChI=1S/C14H9BrN2OS/c15-10-3-6-13(18)12(7-10)14(17)9-1-4-11(5-2-9)19-8-16/h1-7,17-18H. The highest BCUT2D eigenvalue weighted by molar-refractivity contribution is 9.10. The zero-order chi connectivity index (χ0) is 13.8. The normalized spacial score (nSPS) is 9.89. The van der Waals surface area contributed by atoms with Crippen molar-refractivity contribution in [3.63, 3.8) is 0 Å². The Hall–Kier alpha value is -1.77. The average Bonchev–Trinajstić information content (AvgIpc) is 2.42. The summed E-state index contributed by atoms with van der Waals surface area (Å²) in [6.07, 6.45) is 0. The number of aromatic hydroxyl groups is 1. The Morgan fingerprint density at radius 1 is 1.21 bits per heavy atom. The van der Waals surface area contributed by atoms with Crippen molar-refractivity contribution < 1.29 is 5.11 Å². The number of halogens is 1. The average molecular weight is 333 g/mol. The van der Waals surface area contributed by atoms with E-state index in [0.717, 1.165) is 21.1 Å². The van der Waals surface area contributed by atoms with Gasteiger partial charge in [0.2, 0.25) is 0 Å². The lowest BCUT2D eigenvalue weighted by molar-refractivity contribution is 0.474. The predicted molar refractivity (Wildman–Crippen MR) is 79.6 cm³/mol. The third-order valence-electron chi connectivity index (χ3n) is 2.53. The number of benzene rings is 2. The Morgan fingerprint density at radius 3 is 2.53 bits per heavy atom. The van der Waals surface area contributed by atoms with Crippen LogP contribution in [0.5, 0.6) is 5.75 Å². The van der Waals surface area contributed by atoms with Gasteiger partial charge in [0.15, 0.2) is 0 Å². The summed E-state index contributed by atoms with van der Waals surface area (Å²) in [7, 11) is 0. The van der Waals surface area contributed by atoms with E-state index >= 15 is 0 Å². The molecule has 2 N–H and O–H groups in total. The molecule has 0 radical (unpaired) electrons. The van der Waals surface area contributed by atoms with Crippen LogP contribution in [0.25, 0.3) is 0 Å². The van der Waals surface area contributed by atoms with Crippen molar-refractivity contribution in [1.29, 1.82) is 10.7 Å². The molecule has 0 atom stereocenters. The maximum Gasteiger partial charge on any atom is 0.138 e. The van der Waals surface area contributed by atoms with Crippen LogP contribution in [0.3, 0.4) is 0 Å². The SMILES string of the molecule is N#CSc1ccc(C(=N)c2cc(Br)ccc2O)cc1. The zero-order valence-corrected chi connectivity index (χ0v) is 12.1. The van der Waals surface area contributed by atoms with Crippen molar-refractivity contribution in [3.05, 3.63) is 58.1 Å². The van der Waals surface area contributed by atoms with Gasteiger partial charge in [0, 0.05) is 20.5 Å². The Balaban J connectivity index is 2.34. The second-order valence-corrected chi connectivity index (χ2v) is 5.53. The van der Waals surface area contributed by atoms with Crippen molar-refractivity contribution in [1.82, 2.24) is 0 Å². The molecule has 0 aliphatic carbocycles. The molecule has 5 heteroatoms. The fraction of sp³-hybridized carbons (Fsp3) is 0. The summed E-state index contributed by atoms with van der Waals surface area (Å²) in [4.78, 5) is 0.831. The molecule has 2 rings (SSSR count). The van der Waals surface area contributed by atoms with Crippen molar-refractivity contribution in [3.8, 4) is 11.2 Å². The maximum absolute atomic E-state index is 9.80. The molecular weight excluding hydrogens is 324 g/mol. The van der Waals surface area contributed by atoms with E-state index in [9.17, 15) is 5.11 Å². The van der Waals surface area contributed by atoms with E-state index in [-0.39, 0.29) is 11.5 Å². The minimum atomic E-state index is 0.0728. The second kappa shape index (κ2) is 5.91. The molecular formula is C14H9BrN2OS. The van der Waals surface area contributed by atoms with Crippen molar-refractivity contribution >= 4 is 33.4 Å². The molecule has 0 fully saturated rings. The summed E-state index contributed by atoms with van der Waals surface area (Å²) in [5.41, 5.74) is 1.40. The maximum atomic E-state index is 9.80. The van der Waals surface area contributed by atoms with Crippen molar-refractivity contribution in [2.75, 3.05) is 0 Å². The minimum Gasteiger partial charge on any atom is -0.507 e. The van der Waals surface area contributed by atoms with Crippen LogP contribution in [0.1, 0.15) is 11.1 Å². The third-order valence-corrected chi connectivity index (χ3v) is 3.63. The summed E-state index contributed by atoms with van der Waals surface area (Å²) in [6, 6.07) is 12.1. The van der Waals surface area contributed by atoms with Gasteiger partial charge in [-0.1, -0.05) is 28.1 Å². The molecule has 0 saturated heterocycles. The smallest absolute Gasteiger partial charge is 0.138 e. The van der Waals surface area contributed by atoms with Crippen LogP contribution in [0, 0.1) is 16.1 Å². The number of phenolic OH excluding ortho intramolecular Hbond substituents is 1. The third kappa shape index (κ3) is 3.16. The molecule has 0 amide bonds. The number of hydrogen-bond donors (Lipinski definition) is 2. The highest BCUT2D eigenvalue weighted by atomic mass is 79.9. The van der Waals surface area contributed by atoms with Gasteiger partial charge >= 0.3 is 0 Å². The molecule has 0 saturated carbocycles. The first-order valence-corrected chi connectivity index (χ1v) is 6.96. The molecule has 19 heavy (non-hydrogen) atoms. The van der Waals surface area contributed by atoms with E-state index in [2.05, 4.69) is 15.9 Å². The van der Waals surface area contributed by atoms with Crippen LogP contribution < -0.4 is 0 Å². The van der Waals surface area contributed by atoms with Gasteiger partial charge in [-0.05, 0) is 42.1 Å². The molecule has 0 bridgehead atoms. The monoisotopic (exact) mass is 332 g/mol. The van der Waals surface area contributed by atoms with E-state index in [0.29, 0.717) is 11.1 Å².